The van der Waals surface area contributed by atoms with Crippen molar-refractivity contribution in [3.8, 4) is 5.75 Å². The zero-order chi connectivity index (χ0) is 13.1. The number of fused-ring (bicyclic) bond motifs is 1. The highest BCUT2D eigenvalue weighted by molar-refractivity contribution is 5.79. The van der Waals surface area contributed by atoms with Crippen LogP contribution in [-0.2, 0) is 0 Å². The van der Waals surface area contributed by atoms with Gasteiger partial charge in [0.25, 0.3) is 0 Å². The number of para-hydroxylation sites is 1. The Balaban J connectivity index is 1.80. The average molecular weight is 256 g/mol. The van der Waals surface area contributed by atoms with Gasteiger partial charge in [-0.3, -0.25) is 4.98 Å². The van der Waals surface area contributed by atoms with Gasteiger partial charge in [-0.15, -0.1) is 0 Å². The molecule has 1 fully saturated rings. The van der Waals surface area contributed by atoms with Crippen molar-refractivity contribution >= 4 is 10.9 Å². The monoisotopic (exact) mass is 256 g/mol. The van der Waals surface area contributed by atoms with Gasteiger partial charge in [0.1, 0.15) is 11.4 Å². The van der Waals surface area contributed by atoms with Gasteiger partial charge < -0.3 is 10.1 Å². The third-order valence-electron chi connectivity index (χ3n) is 4.00. The van der Waals surface area contributed by atoms with Gasteiger partial charge in [-0.05, 0) is 51.4 Å². The van der Waals surface area contributed by atoms with E-state index in [1.54, 1.807) is 0 Å². The van der Waals surface area contributed by atoms with Crippen LogP contribution in [0.1, 0.15) is 25.7 Å². The predicted octanol–water partition coefficient (Wildman–Crippen LogP) is 3.15. The van der Waals surface area contributed by atoms with Crippen LogP contribution in [0.3, 0.4) is 0 Å². The molecule has 3 heteroatoms. The van der Waals surface area contributed by atoms with E-state index in [0.29, 0.717) is 0 Å². The van der Waals surface area contributed by atoms with E-state index in [1.165, 1.54) is 6.42 Å². The van der Waals surface area contributed by atoms with Crippen LogP contribution in [0.15, 0.2) is 36.5 Å². The second-order valence-corrected chi connectivity index (χ2v) is 5.36. The molecule has 0 amide bonds. The molecule has 19 heavy (non-hydrogen) atoms. The number of ether oxygens (including phenoxy) is 1. The number of hydrogen-bond acceptors (Lipinski definition) is 3. The Labute approximate surface area is 114 Å². The maximum Gasteiger partial charge on any atom is 0.139 e. The Morgan fingerprint density at radius 3 is 2.89 bits per heavy atom. The quantitative estimate of drug-likeness (QED) is 0.892. The second-order valence-electron chi connectivity index (χ2n) is 5.36. The maximum absolute atomic E-state index is 6.25. The Kier molecular flexibility index (Phi) is 3.38. The first-order chi connectivity index (χ1) is 9.31. The van der Waals surface area contributed by atoms with E-state index in [0.717, 1.165) is 42.5 Å². The lowest BCUT2D eigenvalue weighted by molar-refractivity contribution is -0.0140. The first-order valence-corrected chi connectivity index (χ1v) is 7.00. The molecule has 1 aliphatic rings. The molecule has 1 aromatic carbocycles. The summed E-state index contributed by atoms with van der Waals surface area (Å²) in [5, 5.41) is 4.35. The fourth-order valence-corrected chi connectivity index (χ4v) is 2.68. The first kappa shape index (κ1) is 12.4. The molecule has 3 nitrogen and oxygen atoms in total. The molecule has 0 atom stereocenters. The number of benzene rings is 1. The molecule has 3 rings (SSSR count). The number of rotatable bonds is 5. The molecule has 1 aromatic heterocycles. The summed E-state index contributed by atoms with van der Waals surface area (Å²) in [6, 6.07) is 10.3. The summed E-state index contributed by atoms with van der Waals surface area (Å²) in [5.41, 5.74) is 1.06. The van der Waals surface area contributed by atoms with Crippen molar-refractivity contribution < 1.29 is 4.74 Å². The van der Waals surface area contributed by atoms with Crippen molar-refractivity contribution in [1.82, 2.24) is 10.3 Å². The Morgan fingerprint density at radius 1 is 1.32 bits per heavy atom. The Hall–Kier alpha value is -1.61. The number of hydrogen-bond donors (Lipinski definition) is 1. The molecule has 100 valence electrons. The van der Waals surface area contributed by atoms with Gasteiger partial charge in [0.05, 0.1) is 11.7 Å². The minimum absolute atomic E-state index is 0.0349. The van der Waals surface area contributed by atoms with Crippen LogP contribution in [0.4, 0.5) is 0 Å². The summed E-state index contributed by atoms with van der Waals surface area (Å²) in [7, 11) is 1.99. The SMILES string of the molecule is CNCCC1(Oc2cnc3ccccc3c2)CCC1. The van der Waals surface area contributed by atoms with Crippen molar-refractivity contribution in [1.29, 1.82) is 0 Å². The largest absolute Gasteiger partial charge is 0.486 e. The zero-order valence-electron chi connectivity index (χ0n) is 11.4. The van der Waals surface area contributed by atoms with Crippen molar-refractivity contribution in [3.05, 3.63) is 36.5 Å². The average Bonchev–Trinajstić information content (AvgIpc) is 2.41. The summed E-state index contributed by atoms with van der Waals surface area (Å²) in [4.78, 5) is 4.46. The van der Waals surface area contributed by atoms with Gasteiger partial charge in [0, 0.05) is 5.39 Å². The lowest BCUT2D eigenvalue weighted by Gasteiger charge is -2.42. The summed E-state index contributed by atoms with van der Waals surface area (Å²) in [6.45, 7) is 1.00. The fourth-order valence-electron chi connectivity index (χ4n) is 2.68. The molecule has 1 aliphatic carbocycles. The van der Waals surface area contributed by atoms with Crippen molar-refractivity contribution in [2.45, 2.75) is 31.3 Å². The molecule has 0 aliphatic heterocycles. The van der Waals surface area contributed by atoms with Crippen LogP contribution < -0.4 is 10.1 Å². The van der Waals surface area contributed by atoms with Crippen LogP contribution in [-0.4, -0.2) is 24.2 Å². The topological polar surface area (TPSA) is 34.1 Å². The molecule has 1 heterocycles. The standard InChI is InChI=1S/C16H20N2O/c1-17-10-9-16(7-4-8-16)19-14-11-13-5-2-3-6-15(13)18-12-14/h2-3,5-6,11-12,17H,4,7-10H2,1H3. The highest BCUT2D eigenvalue weighted by atomic mass is 16.5. The van der Waals surface area contributed by atoms with Gasteiger partial charge >= 0.3 is 0 Å². The molecular formula is C16H20N2O. The Morgan fingerprint density at radius 2 is 2.16 bits per heavy atom. The summed E-state index contributed by atoms with van der Waals surface area (Å²) >= 11 is 0. The van der Waals surface area contributed by atoms with E-state index < -0.39 is 0 Å². The third kappa shape index (κ3) is 2.56. The predicted molar refractivity (Wildman–Crippen MR) is 77.5 cm³/mol. The van der Waals surface area contributed by atoms with E-state index >= 15 is 0 Å². The van der Waals surface area contributed by atoms with Gasteiger partial charge in [0.15, 0.2) is 0 Å². The van der Waals surface area contributed by atoms with Crippen LogP contribution in [0, 0.1) is 0 Å². The van der Waals surface area contributed by atoms with Crippen LogP contribution in [0.2, 0.25) is 0 Å². The van der Waals surface area contributed by atoms with Gasteiger partial charge in [-0.2, -0.15) is 0 Å². The van der Waals surface area contributed by atoms with Crippen LogP contribution in [0.5, 0.6) is 5.75 Å². The van der Waals surface area contributed by atoms with E-state index in [1.807, 2.05) is 31.4 Å². The smallest absolute Gasteiger partial charge is 0.139 e. The molecule has 0 bridgehead atoms. The minimum Gasteiger partial charge on any atom is -0.486 e. The van der Waals surface area contributed by atoms with E-state index in [2.05, 4.69) is 22.4 Å². The van der Waals surface area contributed by atoms with Crippen molar-refractivity contribution in [3.63, 3.8) is 0 Å². The van der Waals surface area contributed by atoms with Gasteiger partial charge in [-0.25, -0.2) is 0 Å². The Bertz CT molecular complexity index is 563. The van der Waals surface area contributed by atoms with Crippen LogP contribution >= 0.6 is 0 Å². The molecule has 1 N–H and O–H groups in total. The number of nitrogens with one attached hydrogen (secondary N) is 1. The summed E-state index contributed by atoms with van der Waals surface area (Å²) in [6.07, 6.45) is 6.49. The van der Waals surface area contributed by atoms with Gasteiger partial charge in [0.2, 0.25) is 0 Å². The lowest BCUT2D eigenvalue weighted by atomic mass is 9.77. The normalized spacial score (nSPS) is 17.1. The highest BCUT2D eigenvalue weighted by Gasteiger charge is 2.38. The lowest BCUT2D eigenvalue weighted by Crippen LogP contribution is -2.45. The minimum atomic E-state index is 0.0349. The molecule has 0 saturated heterocycles. The molecule has 0 radical (unpaired) electrons. The molecule has 0 unspecified atom stereocenters. The first-order valence-electron chi connectivity index (χ1n) is 7.00. The number of pyridine rings is 1. The van der Waals surface area contributed by atoms with Crippen LogP contribution in [0.25, 0.3) is 10.9 Å². The fraction of sp³-hybridized carbons (Fsp3) is 0.438. The van der Waals surface area contributed by atoms with E-state index in [-0.39, 0.29) is 5.60 Å². The second kappa shape index (κ2) is 5.17. The number of nitrogens with zero attached hydrogens (tertiary/aromatic N) is 1. The third-order valence-corrected chi connectivity index (χ3v) is 4.00. The van der Waals surface area contributed by atoms with E-state index in [4.69, 9.17) is 4.74 Å². The van der Waals surface area contributed by atoms with Crippen molar-refractivity contribution in [2.75, 3.05) is 13.6 Å². The summed E-state index contributed by atoms with van der Waals surface area (Å²) in [5.74, 6) is 0.898. The molecule has 0 spiro atoms. The van der Waals surface area contributed by atoms with E-state index in [9.17, 15) is 0 Å². The zero-order valence-corrected chi connectivity index (χ0v) is 11.4. The summed E-state index contributed by atoms with van der Waals surface area (Å²) < 4.78 is 6.25. The number of aromatic nitrogens is 1. The van der Waals surface area contributed by atoms with Gasteiger partial charge in [-0.1, -0.05) is 18.2 Å². The maximum atomic E-state index is 6.25. The molecule has 1 saturated carbocycles. The highest BCUT2D eigenvalue weighted by Crippen LogP contribution is 2.39. The molecular weight excluding hydrogens is 236 g/mol. The molecule has 2 aromatic rings. The van der Waals surface area contributed by atoms with Crippen molar-refractivity contribution in [2.24, 2.45) is 0 Å².